The van der Waals surface area contributed by atoms with Crippen LogP contribution in [0, 0.1) is 21.4 Å². The van der Waals surface area contributed by atoms with Crippen LogP contribution in [-0.2, 0) is 17.5 Å². The molecule has 0 heterocycles. The Morgan fingerprint density at radius 1 is 1.05 bits per heavy atom. The molecule has 3 rings (SSSR count). The number of carbonyl (C=O) groups is 3. The molecule has 0 spiro atoms. The van der Waals surface area contributed by atoms with Crippen LogP contribution in [0.5, 0.6) is 0 Å². The highest BCUT2D eigenvalue weighted by Gasteiger charge is 2.35. The molecular formula is C29H35F3N4O7. The first kappa shape index (κ1) is 33.3. The van der Waals surface area contributed by atoms with Crippen LogP contribution in [0.3, 0.4) is 0 Å². The number of anilines is 1. The molecule has 2 aromatic carbocycles. The van der Waals surface area contributed by atoms with Crippen LogP contribution < -0.4 is 10.6 Å². The quantitative estimate of drug-likeness (QED) is 0.218. The highest BCUT2D eigenvalue weighted by Crippen LogP contribution is 2.40. The van der Waals surface area contributed by atoms with Gasteiger partial charge in [0.15, 0.2) is 6.10 Å². The fraction of sp³-hybridized carbons (Fsp3) is 0.483. The number of aliphatic hydroxyl groups is 1. The third kappa shape index (κ3) is 9.14. The summed E-state index contributed by atoms with van der Waals surface area (Å²) in [6, 6.07) is 7.02. The van der Waals surface area contributed by atoms with Gasteiger partial charge in [-0.15, -0.1) is 0 Å². The molecule has 0 saturated heterocycles. The minimum atomic E-state index is -4.86. The molecule has 0 aliphatic heterocycles. The van der Waals surface area contributed by atoms with Gasteiger partial charge in [0.05, 0.1) is 17.0 Å². The first-order valence-electron chi connectivity index (χ1n) is 13.7. The van der Waals surface area contributed by atoms with Gasteiger partial charge in [-0.25, -0.2) is 9.59 Å². The Labute approximate surface area is 246 Å². The number of aliphatic carboxylic acids is 1. The summed E-state index contributed by atoms with van der Waals surface area (Å²) >= 11 is 0. The molecule has 0 unspecified atom stereocenters. The van der Waals surface area contributed by atoms with E-state index in [-0.39, 0.29) is 29.3 Å². The van der Waals surface area contributed by atoms with Gasteiger partial charge in [0.1, 0.15) is 0 Å². The smallest absolute Gasteiger partial charge is 0.416 e. The van der Waals surface area contributed by atoms with Crippen LogP contribution in [0.1, 0.15) is 67.9 Å². The third-order valence-corrected chi connectivity index (χ3v) is 7.64. The van der Waals surface area contributed by atoms with E-state index in [1.165, 1.54) is 17.0 Å². The highest BCUT2D eigenvalue weighted by atomic mass is 19.4. The standard InChI is InChI=1S/C29H35F3N4O7/c1-28(2,3)19-8-10-22(11-9-19)35(16-17-4-6-18(7-5-17)25(38)33-15-24(37)26(39)40)27(41)34-21-12-20(29(30,31)32)13-23(14-21)36(42)43/h4-7,12-14,19,22,24,37H,8-11,15-16H2,1-3H3,(H,33,38)(H,34,41)(H,39,40)/t19?,22?,24-/m1/s1. The molecule has 1 atom stereocenters. The normalized spacial score (nSPS) is 17.9. The zero-order valence-electron chi connectivity index (χ0n) is 24.0. The number of amides is 3. The van der Waals surface area contributed by atoms with Crippen LogP contribution in [0.25, 0.3) is 0 Å². The molecule has 11 nitrogen and oxygen atoms in total. The van der Waals surface area contributed by atoms with E-state index in [4.69, 9.17) is 5.11 Å². The van der Waals surface area contributed by atoms with Gasteiger partial charge in [0.2, 0.25) is 0 Å². The van der Waals surface area contributed by atoms with Gasteiger partial charge in [-0.3, -0.25) is 14.9 Å². The van der Waals surface area contributed by atoms with Crippen LogP contribution in [0.4, 0.5) is 29.3 Å². The second-order valence-corrected chi connectivity index (χ2v) is 11.7. The van der Waals surface area contributed by atoms with Gasteiger partial charge in [-0.1, -0.05) is 32.9 Å². The molecule has 234 valence electrons. The van der Waals surface area contributed by atoms with Crippen molar-refractivity contribution in [3.8, 4) is 0 Å². The third-order valence-electron chi connectivity index (χ3n) is 7.64. The average molecular weight is 609 g/mol. The SMILES string of the molecule is CC(C)(C)C1CCC(N(Cc2ccc(C(=O)NC[C@@H](O)C(=O)O)cc2)C(=O)Nc2cc([N+](=O)[O-])cc(C(F)(F)F)c2)CC1. The Bertz CT molecular complexity index is 1340. The summed E-state index contributed by atoms with van der Waals surface area (Å²) in [6.07, 6.45) is -3.68. The van der Waals surface area contributed by atoms with Crippen LogP contribution in [-0.4, -0.2) is 56.6 Å². The van der Waals surface area contributed by atoms with Gasteiger partial charge in [0, 0.05) is 36.0 Å². The second kappa shape index (κ2) is 13.4. The number of carboxylic acid groups (broad SMARTS) is 1. The van der Waals surface area contributed by atoms with E-state index in [1.54, 1.807) is 12.1 Å². The first-order chi connectivity index (χ1) is 20.0. The van der Waals surface area contributed by atoms with E-state index in [1.807, 2.05) is 0 Å². The topological polar surface area (TPSA) is 162 Å². The zero-order valence-corrected chi connectivity index (χ0v) is 24.0. The lowest BCUT2D eigenvalue weighted by atomic mass is 9.71. The van der Waals surface area contributed by atoms with Crippen molar-refractivity contribution in [2.75, 3.05) is 11.9 Å². The number of hydrogen-bond acceptors (Lipinski definition) is 6. The monoisotopic (exact) mass is 608 g/mol. The van der Waals surface area contributed by atoms with Crippen molar-refractivity contribution in [3.05, 3.63) is 69.3 Å². The minimum Gasteiger partial charge on any atom is -0.479 e. The number of non-ortho nitro benzene ring substituents is 1. The lowest BCUT2D eigenvalue weighted by Crippen LogP contribution is -2.45. The minimum absolute atomic E-state index is 0.0391. The van der Waals surface area contributed by atoms with E-state index >= 15 is 0 Å². The van der Waals surface area contributed by atoms with Crippen molar-refractivity contribution in [2.24, 2.45) is 11.3 Å². The maximum atomic E-state index is 13.5. The van der Waals surface area contributed by atoms with Gasteiger partial charge in [0.25, 0.3) is 11.6 Å². The lowest BCUT2D eigenvalue weighted by Gasteiger charge is -2.41. The molecule has 1 aliphatic carbocycles. The number of aliphatic hydroxyl groups excluding tert-OH is 1. The summed E-state index contributed by atoms with van der Waals surface area (Å²) in [6.45, 7) is 5.97. The Morgan fingerprint density at radius 3 is 2.16 bits per heavy atom. The molecule has 4 N–H and O–H groups in total. The van der Waals surface area contributed by atoms with Crippen molar-refractivity contribution in [3.63, 3.8) is 0 Å². The predicted octanol–water partition coefficient (Wildman–Crippen LogP) is 5.43. The van der Waals surface area contributed by atoms with E-state index < -0.39 is 52.9 Å². The summed E-state index contributed by atoms with van der Waals surface area (Å²) in [5.41, 5.74) is -1.60. The number of carbonyl (C=O) groups excluding carboxylic acids is 2. The largest absolute Gasteiger partial charge is 0.479 e. The molecular weight excluding hydrogens is 573 g/mol. The van der Waals surface area contributed by atoms with Crippen molar-refractivity contribution in [1.82, 2.24) is 10.2 Å². The Balaban J connectivity index is 1.84. The van der Waals surface area contributed by atoms with Crippen LogP contribution >= 0.6 is 0 Å². The van der Waals surface area contributed by atoms with Gasteiger partial charge < -0.3 is 25.7 Å². The van der Waals surface area contributed by atoms with E-state index in [9.17, 15) is 42.8 Å². The predicted molar refractivity (Wildman–Crippen MR) is 150 cm³/mol. The number of rotatable bonds is 9. The van der Waals surface area contributed by atoms with Gasteiger partial charge in [-0.05, 0) is 60.8 Å². The van der Waals surface area contributed by atoms with Crippen molar-refractivity contribution >= 4 is 29.3 Å². The molecule has 0 bridgehead atoms. The number of benzene rings is 2. The number of halogens is 3. The number of alkyl halides is 3. The molecule has 43 heavy (non-hydrogen) atoms. The molecule has 0 aromatic heterocycles. The molecule has 1 fully saturated rings. The Kier molecular flexibility index (Phi) is 10.4. The number of urea groups is 1. The average Bonchev–Trinajstić information content (AvgIpc) is 2.93. The zero-order chi connectivity index (χ0) is 32.1. The fourth-order valence-corrected chi connectivity index (χ4v) is 5.10. The molecule has 2 aromatic rings. The lowest BCUT2D eigenvalue weighted by molar-refractivity contribution is -0.385. The summed E-state index contributed by atoms with van der Waals surface area (Å²) in [5.74, 6) is -1.68. The van der Waals surface area contributed by atoms with Crippen molar-refractivity contribution in [1.29, 1.82) is 0 Å². The van der Waals surface area contributed by atoms with Crippen LogP contribution in [0.15, 0.2) is 42.5 Å². The highest BCUT2D eigenvalue weighted by molar-refractivity contribution is 5.94. The number of carboxylic acids is 1. The summed E-state index contributed by atoms with van der Waals surface area (Å²) in [5, 5.41) is 34.1. The summed E-state index contributed by atoms with van der Waals surface area (Å²) in [7, 11) is 0. The van der Waals surface area contributed by atoms with E-state index in [0.29, 0.717) is 36.5 Å². The molecule has 1 saturated carbocycles. The number of nitrogens with one attached hydrogen (secondary N) is 2. The summed E-state index contributed by atoms with van der Waals surface area (Å²) < 4.78 is 40.3. The number of nitro benzene ring substituents is 1. The van der Waals surface area contributed by atoms with E-state index in [2.05, 4.69) is 31.4 Å². The van der Waals surface area contributed by atoms with Crippen molar-refractivity contribution < 1.29 is 42.7 Å². The summed E-state index contributed by atoms with van der Waals surface area (Å²) in [4.78, 5) is 48.4. The maximum absolute atomic E-state index is 13.5. The fourth-order valence-electron chi connectivity index (χ4n) is 5.10. The van der Waals surface area contributed by atoms with E-state index in [0.717, 1.165) is 18.9 Å². The van der Waals surface area contributed by atoms with Gasteiger partial charge in [-0.2, -0.15) is 13.2 Å². The van der Waals surface area contributed by atoms with Crippen LogP contribution in [0.2, 0.25) is 0 Å². The molecule has 0 radical (unpaired) electrons. The number of hydrogen-bond donors (Lipinski definition) is 4. The number of nitrogens with zero attached hydrogens (tertiary/aromatic N) is 2. The first-order valence-corrected chi connectivity index (χ1v) is 13.7. The molecule has 14 heteroatoms. The Hall–Kier alpha value is -4.20. The number of nitro groups is 1. The van der Waals surface area contributed by atoms with Crippen molar-refractivity contribution in [2.45, 2.75) is 71.3 Å². The second-order valence-electron chi connectivity index (χ2n) is 11.7. The Morgan fingerprint density at radius 2 is 1.65 bits per heavy atom. The molecule has 1 aliphatic rings. The maximum Gasteiger partial charge on any atom is 0.416 e. The van der Waals surface area contributed by atoms with Gasteiger partial charge >= 0.3 is 18.2 Å². The molecule has 3 amide bonds.